The number of carbonyl (C=O) groups excluding carboxylic acids is 1. The first-order chi connectivity index (χ1) is 13.0. The zero-order chi connectivity index (χ0) is 19.4. The van der Waals surface area contributed by atoms with Crippen molar-refractivity contribution in [2.75, 3.05) is 7.11 Å². The van der Waals surface area contributed by atoms with Gasteiger partial charge in [0.15, 0.2) is 0 Å². The predicted molar refractivity (Wildman–Crippen MR) is 110 cm³/mol. The first-order valence-electron chi connectivity index (χ1n) is 9.51. The smallest absolute Gasteiger partial charge is 0.221 e. The average Bonchev–Trinajstić information content (AvgIpc) is 3.02. The van der Waals surface area contributed by atoms with E-state index in [2.05, 4.69) is 41.2 Å². The molecule has 0 aliphatic rings. The third kappa shape index (κ3) is 4.00. The van der Waals surface area contributed by atoms with Gasteiger partial charge in [-0.2, -0.15) is 0 Å². The molecule has 0 aliphatic heterocycles. The van der Waals surface area contributed by atoms with Crippen LogP contribution in [0.4, 0.5) is 0 Å². The number of aryl methyl sites for hydroxylation is 1. The molecule has 27 heavy (non-hydrogen) atoms. The molecule has 0 spiro atoms. The van der Waals surface area contributed by atoms with Crippen LogP contribution < -0.4 is 10.1 Å². The largest absolute Gasteiger partial charge is 0.496 e. The molecule has 0 fully saturated rings. The van der Waals surface area contributed by atoms with Crippen molar-refractivity contribution in [1.82, 2.24) is 9.88 Å². The topological polar surface area (TPSA) is 43.3 Å². The number of hydrogen-bond donors (Lipinski definition) is 1. The minimum absolute atomic E-state index is 0.0631. The van der Waals surface area contributed by atoms with Crippen LogP contribution in [-0.2, 0) is 11.8 Å². The van der Waals surface area contributed by atoms with Crippen LogP contribution in [0.25, 0.3) is 10.9 Å². The number of methoxy groups -OCH3 is 1. The van der Waals surface area contributed by atoms with Crippen LogP contribution >= 0.6 is 0 Å². The average molecular weight is 364 g/mol. The summed E-state index contributed by atoms with van der Waals surface area (Å²) in [6.07, 6.45) is 3.44. The van der Waals surface area contributed by atoms with Gasteiger partial charge in [-0.05, 0) is 31.0 Å². The second kappa shape index (κ2) is 8.30. The number of rotatable bonds is 7. The molecular formula is C23H28N2O2. The first kappa shape index (κ1) is 19.0. The molecular weight excluding hydrogens is 336 g/mol. The molecule has 4 nitrogen and oxygen atoms in total. The van der Waals surface area contributed by atoms with Crippen molar-refractivity contribution >= 4 is 16.8 Å². The molecule has 0 unspecified atom stereocenters. The maximum absolute atomic E-state index is 12.8. The summed E-state index contributed by atoms with van der Waals surface area (Å²) >= 11 is 0. The van der Waals surface area contributed by atoms with E-state index in [0.29, 0.717) is 6.42 Å². The van der Waals surface area contributed by atoms with Gasteiger partial charge < -0.3 is 14.6 Å². The lowest BCUT2D eigenvalue weighted by Gasteiger charge is -2.21. The number of nitrogens with zero attached hydrogens (tertiary/aromatic N) is 1. The Bertz CT molecular complexity index is 929. The van der Waals surface area contributed by atoms with E-state index in [-0.39, 0.29) is 17.9 Å². The third-order valence-electron chi connectivity index (χ3n) is 5.23. The number of para-hydroxylation sites is 2. The molecule has 1 aromatic heterocycles. The molecule has 2 atom stereocenters. The molecule has 2 aromatic carbocycles. The molecule has 0 radical (unpaired) electrons. The molecule has 1 amide bonds. The summed E-state index contributed by atoms with van der Waals surface area (Å²) in [6, 6.07) is 16.5. The molecule has 4 heteroatoms. The molecule has 0 saturated heterocycles. The minimum Gasteiger partial charge on any atom is -0.496 e. The van der Waals surface area contributed by atoms with E-state index in [1.165, 1.54) is 5.39 Å². The Morgan fingerprint density at radius 3 is 2.56 bits per heavy atom. The van der Waals surface area contributed by atoms with Crippen molar-refractivity contribution < 1.29 is 9.53 Å². The highest BCUT2D eigenvalue weighted by Crippen LogP contribution is 2.38. The van der Waals surface area contributed by atoms with Crippen LogP contribution in [0, 0.1) is 0 Å². The van der Waals surface area contributed by atoms with Crippen LogP contribution in [-0.4, -0.2) is 23.6 Å². The van der Waals surface area contributed by atoms with Gasteiger partial charge in [0, 0.05) is 48.1 Å². The SMILES string of the molecule is CC[C@@H](C)NC(=O)C[C@H](c1ccccc1OC)c1cn(C)c2ccccc12. The molecule has 0 aliphatic carbocycles. The highest BCUT2D eigenvalue weighted by atomic mass is 16.5. The number of nitrogens with one attached hydrogen (secondary N) is 1. The van der Waals surface area contributed by atoms with Crippen molar-refractivity contribution in [3.05, 3.63) is 65.9 Å². The highest BCUT2D eigenvalue weighted by molar-refractivity contribution is 5.86. The Hall–Kier alpha value is -2.75. The Labute approximate surface area is 161 Å². The number of amides is 1. The number of fused-ring (bicyclic) bond motifs is 1. The summed E-state index contributed by atoms with van der Waals surface area (Å²) in [4.78, 5) is 12.8. The Balaban J connectivity index is 2.08. The van der Waals surface area contributed by atoms with Crippen LogP contribution in [0.3, 0.4) is 0 Å². The fraction of sp³-hybridized carbons (Fsp3) is 0.348. The summed E-state index contributed by atoms with van der Waals surface area (Å²) in [5, 5.41) is 4.28. The van der Waals surface area contributed by atoms with E-state index in [0.717, 1.165) is 28.8 Å². The van der Waals surface area contributed by atoms with E-state index in [9.17, 15) is 4.79 Å². The van der Waals surface area contributed by atoms with Crippen LogP contribution in [0.2, 0.25) is 0 Å². The van der Waals surface area contributed by atoms with Gasteiger partial charge in [0.05, 0.1) is 7.11 Å². The number of carbonyl (C=O) groups is 1. The lowest BCUT2D eigenvalue weighted by molar-refractivity contribution is -0.121. The number of benzene rings is 2. The van der Waals surface area contributed by atoms with E-state index in [1.54, 1.807) is 7.11 Å². The molecule has 0 saturated carbocycles. The summed E-state index contributed by atoms with van der Waals surface area (Å²) in [5.74, 6) is 0.802. The summed E-state index contributed by atoms with van der Waals surface area (Å²) in [5.41, 5.74) is 3.35. The van der Waals surface area contributed by atoms with E-state index in [1.807, 2.05) is 44.3 Å². The molecule has 1 N–H and O–H groups in total. The molecule has 142 valence electrons. The van der Waals surface area contributed by atoms with Gasteiger partial charge in [0.1, 0.15) is 5.75 Å². The second-order valence-corrected chi connectivity index (χ2v) is 7.09. The fourth-order valence-electron chi connectivity index (χ4n) is 3.61. The van der Waals surface area contributed by atoms with Gasteiger partial charge >= 0.3 is 0 Å². The summed E-state index contributed by atoms with van der Waals surface area (Å²) in [7, 11) is 3.72. The van der Waals surface area contributed by atoms with Crippen LogP contribution in [0.5, 0.6) is 5.75 Å². The van der Waals surface area contributed by atoms with E-state index in [4.69, 9.17) is 4.74 Å². The van der Waals surface area contributed by atoms with Gasteiger partial charge in [-0.15, -0.1) is 0 Å². The number of hydrogen-bond acceptors (Lipinski definition) is 2. The molecule has 3 rings (SSSR count). The Morgan fingerprint density at radius 1 is 1.11 bits per heavy atom. The minimum atomic E-state index is -0.0729. The molecule has 0 bridgehead atoms. The van der Waals surface area contributed by atoms with Gasteiger partial charge in [-0.3, -0.25) is 4.79 Å². The standard InChI is InChI=1S/C23H28N2O2/c1-5-16(2)24-23(26)14-19(18-11-7-9-13-22(18)27-4)20-15-25(3)21-12-8-6-10-17(20)21/h6-13,15-16,19H,5,14H2,1-4H3,(H,24,26)/t16-,19-/m1/s1. The van der Waals surface area contributed by atoms with Gasteiger partial charge in [-0.1, -0.05) is 43.3 Å². The normalized spacial score (nSPS) is 13.3. The summed E-state index contributed by atoms with van der Waals surface area (Å²) < 4.78 is 7.74. The maximum Gasteiger partial charge on any atom is 0.221 e. The second-order valence-electron chi connectivity index (χ2n) is 7.09. The first-order valence-corrected chi connectivity index (χ1v) is 9.51. The van der Waals surface area contributed by atoms with Crippen molar-refractivity contribution in [3.8, 4) is 5.75 Å². The quantitative estimate of drug-likeness (QED) is 0.664. The van der Waals surface area contributed by atoms with E-state index < -0.39 is 0 Å². The van der Waals surface area contributed by atoms with Gasteiger partial charge in [0.25, 0.3) is 0 Å². The molecule has 3 aromatic rings. The Morgan fingerprint density at radius 2 is 1.81 bits per heavy atom. The van der Waals surface area contributed by atoms with Crippen LogP contribution in [0.1, 0.15) is 43.7 Å². The fourth-order valence-corrected chi connectivity index (χ4v) is 3.61. The zero-order valence-electron chi connectivity index (χ0n) is 16.5. The van der Waals surface area contributed by atoms with Crippen LogP contribution in [0.15, 0.2) is 54.7 Å². The maximum atomic E-state index is 12.8. The lowest BCUT2D eigenvalue weighted by atomic mass is 9.87. The molecule has 1 heterocycles. The van der Waals surface area contributed by atoms with Crippen molar-refractivity contribution in [2.45, 2.75) is 38.6 Å². The predicted octanol–water partition coefficient (Wildman–Crippen LogP) is 4.62. The number of aromatic nitrogens is 1. The zero-order valence-corrected chi connectivity index (χ0v) is 16.5. The Kier molecular flexibility index (Phi) is 5.84. The highest BCUT2D eigenvalue weighted by Gasteiger charge is 2.25. The lowest BCUT2D eigenvalue weighted by Crippen LogP contribution is -2.33. The van der Waals surface area contributed by atoms with Gasteiger partial charge in [-0.25, -0.2) is 0 Å². The third-order valence-corrected chi connectivity index (χ3v) is 5.23. The monoisotopic (exact) mass is 364 g/mol. The van der Waals surface area contributed by atoms with Gasteiger partial charge in [0.2, 0.25) is 5.91 Å². The van der Waals surface area contributed by atoms with Crippen molar-refractivity contribution in [1.29, 1.82) is 0 Å². The van der Waals surface area contributed by atoms with Crippen molar-refractivity contribution in [2.24, 2.45) is 7.05 Å². The van der Waals surface area contributed by atoms with E-state index >= 15 is 0 Å². The van der Waals surface area contributed by atoms with Crippen molar-refractivity contribution in [3.63, 3.8) is 0 Å². The number of ether oxygens (including phenoxy) is 1. The summed E-state index contributed by atoms with van der Waals surface area (Å²) in [6.45, 7) is 4.11.